The van der Waals surface area contributed by atoms with Crippen LogP contribution in [0.2, 0.25) is 0 Å². The molecule has 3 amide bonds. The molecule has 1 aliphatic rings. The number of rotatable bonds is 8. The lowest BCUT2D eigenvalue weighted by Gasteiger charge is -2.22. The molecule has 0 saturated carbocycles. The maximum absolute atomic E-state index is 12.7. The number of hydrogen-bond donors (Lipinski definition) is 2. The molecule has 0 aliphatic carbocycles. The first kappa shape index (κ1) is 17.3. The number of urea groups is 1. The van der Waals surface area contributed by atoms with Crippen LogP contribution in [0.15, 0.2) is 24.3 Å². The summed E-state index contributed by atoms with van der Waals surface area (Å²) >= 11 is 0. The minimum absolute atomic E-state index is 0.221. The number of nitrogens with two attached hydrogens (primary N) is 1. The summed E-state index contributed by atoms with van der Waals surface area (Å²) < 4.78 is 5.55. The lowest BCUT2D eigenvalue weighted by molar-refractivity contribution is -0.131. The van der Waals surface area contributed by atoms with E-state index >= 15 is 0 Å². The van der Waals surface area contributed by atoms with E-state index in [1.54, 1.807) is 6.92 Å². The average Bonchev–Trinajstić information content (AvgIpc) is 2.77. The van der Waals surface area contributed by atoms with Crippen molar-refractivity contribution in [3.05, 3.63) is 29.8 Å². The van der Waals surface area contributed by atoms with Crippen LogP contribution < -0.4 is 15.8 Å². The Labute approximate surface area is 137 Å². The number of carbonyl (C=O) groups is 2. The highest BCUT2D eigenvalue weighted by atomic mass is 16.5. The molecule has 0 radical (unpaired) electrons. The number of imide groups is 1. The van der Waals surface area contributed by atoms with Crippen molar-refractivity contribution in [2.24, 2.45) is 5.73 Å². The molecule has 126 valence electrons. The number of unbranched alkanes of at least 4 members (excludes halogenated alkanes) is 1. The molecule has 1 aromatic rings. The van der Waals surface area contributed by atoms with Gasteiger partial charge in [0.05, 0.1) is 6.61 Å². The molecule has 1 atom stereocenters. The van der Waals surface area contributed by atoms with Gasteiger partial charge in [0.25, 0.3) is 5.91 Å². The molecular formula is C17H25N3O3. The molecule has 1 unspecified atom stereocenters. The molecule has 2 rings (SSSR count). The van der Waals surface area contributed by atoms with Crippen LogP contribution in [-0.4, -0.2) is 36.5 Å². The normalized spacial score (nSPS) is 20.7. The molecule has 6 nitrogen and oxygen atoms in total. The van der Waals surface area contributed by atoms with Gasteiger partial charge in [-0.1, -0.05) is 19.1 Å². The van der Waals surface area contributed by atoms with Crippen LogP contribution in [0.25, 0.3) is 0 Å². The fourth-order valence-corrected chi connectivity index (χ4v) is 2.61. The minimum atomic E-state index is -1.02. The van der Waals surface area contributed by atoms with Crippen molar-refractivity contribution in [1.29, 1.82) is 0 Å². The topological polar surface area (TPSA) is 84.7 Å². The van der Waals surface area contributed by atoms with Gasteiger partial charge in [-0.3, -0.25) is 9.69 Å². The predicted molar refractivity (Wildman–Crippen MR) is 88.1 cm³/mol. The third-order valence-corrected chi connectivity index (χ3v) is 4.02. The molecule has 0 aromatic heterocycles. The number of hydrogen-bond acceptors (Lipinski definition) is 4. The summed E-state index contributed by atoms with van der Waals surface area (Å²) in [5.41, 5.74) is 5.19. The summed E-state index contributed by atoms with van der Waals surface area (Å²) in [6.07, 6.45) is 2.44. The van der Waals surface area contributed by atoms with E-state index in [2.05, 4.69) is 5.32 Å². The van der Waals surface area contributed by atoms with Crippen LogP contribution in [0.1, 0.15) is 38.7 Å². The second kappa shape index (κ2) is 7.46. The van der Waals surface area contributed by atoms with Crippen molar-refractivity contribution < 1.29 is 14.3 Å². The Balaban J connectivity index is 2.11. The van der Waals surface area contributed by atoms with Gasteiger partial charge in [-0.25, -0.2) is 4.79 Å². The zero-order valence-electron chi connectivity index (χ0n) is 13.8. The predicted octanol–water partition coefficient (Wildman–Crippen LogP) is 1.98. The van der Waals surface area contributed by atoms with Gasteiger partial charge < -0.3 is 15.8 Å². The third-order valence-electron chi connectivity index (χ3n) is 4.02. The van der Waals surface area contributed by atoms with Gasteiger partial charge in [0, 0.05) is 6.54 Å². The third kappa shape index (κ3) is 3.64. The maximum atomic E-state index is 12.7. The molecule has 23 heavy (non-hydrogen) atoms. The van der Waals surface area contributed by atoms with Crippen molar-refractivity contribution in [3.8, 4) is 5.75 Å². The Morgan fingerprint density at radius 2 is 1.91 bits per heavy atom. The summed E-state index contributed by atoms with van der Waals surface area (Å²) in [6.45, 7) is 5.38. The van der Waals surface area contributed by atoms with Crippen molar-refractivity contribution in [2.45, 2.75) is 38.6 Å². The van der Waals surface area contributed by atoms with Gasteiger partial charge in [0.1, 0.15) is 11.3 Å². The first-order chi connectivity index (χ1) is 11.0. The second-order valence-electron chi connectivity index (χ2n) is 5.88. The summed E-state index contributed by atoms with van der Waals surface area (Å²) in [5.74, 6) is 0.539. The molecule has 1 saturated heterocycles. The Kier molecular flexibility index (Phi) is 5.60. The molecule has 6 heteroatoms. The molecular weight excluding hydrogens is 294 g/mol. The Bertz CT molecular complexity index is 559. The van der Waals surface area contributed by atoms with Crippen LogP contribution in [0, 0.1) is 0 Å². The van der Waals surface area contributed by atoms with E-state index < -0.39 is 5.54 Å². The van der Waals surface area contributed by atoms with Crippen LogP contribution in [0.5, 0.6) is 5.75 Å². The van der Waals surface area contributed by atoms with Crippen LogP contribution in [0.4, 0.5) is 4.79 Å². The van der Waals surface area contributed by atoms with Crippen molar-refractivity contribution in [1.82, 2.24) is 10.2 Å². The number of nitrogens with one attached hydrogen (secondary N) is 1. The number of benzene rings is 1. The zero-order valence-corrected chi connectivity index (χ0v) is 13.8. The molecule has 1 aliphatic heterocycles. The maximum Gasteiger partial charge on any atom is 0.325 e. The van der Waals surface area contributed by atoms with E-state index in [0.29, 0.717) is 19.7 Å². The second-order valence-corrected chi connectivity index (χ2v) is 5.88. The summed E-state index contributed by atoms with van der Waals surface area (Å²) in [5, 5.41) is 2.80. The molecule has 0 spiro atoms. The monoisotopic (exact) mass is 319 g/mol. The number of carbonyl (C=O) groups excluding carboxylic acids is 2. The van der Waals surface area contributed by atoms with E-state index in [-0.39, 0.29) is 11.9 Å². The number of ether oxygens (including phenoxy) is 1. The Morgan fingerprint density at radius 1 is 1.22 bits per heavy atom. The number of nitrogens with zero attached hydrogens (tertiary/aromatic N) is 1. The summed E-state index contributed by atoms with van der Waals surface area (Å²) in [6, 6.07) is 6.96. The highest BCUT2D eigenvalue weighted by Crippen LogP contribution is 2.30. The number of amides is 3. The average molecular weight is 319 g/mol. The minimum Gasteiger partial charge on any atom is -0.494 e. The molecule has 1 fully saturated rings. The molecule has 1 heterocycles. The van der Waals surface area contributed by atoms with Crippen LogP contribution >= 0.6 is 0 Å². The first-order valence-corrected chi connectivity index (χ1v) is 8.10. The van der Waals surface area contributed by atoms with Gasteiger partial charge in [0.2, 0.25) is 0 Å². The van der Waals surface area contributed by atoms with E-state index in [1.807, 2.05) is 31.2 Å². The lowest BCUT2D eigenvalue weighted by atomic mass is 9.92. The Hall–Kier alpha value is -2.08. The summed E-state index contributed by atoms with van der Waals surface area (Å²) in [7, 11) is 0. The van der Waals surface area contributed by atoms with Crippen molar-refractivity contribution >= 4 is 11.9 Å². The van der Waals surface area contributed by atoms with E-state index in [0.717, 1.165) is 30.6 Å². The largest absolute Gasteiger partial charge is 0.494 e. The quantitative estimate of drug-likeness (QED) is 0.567. The highest BCUT2D eigenvalue weighted by Gasteiger charge is 2.48. The van der Waals surface area contributed by atoms with Crippen molar-refractivity contribution in [3.63, 3.8) is 0 Å². The van der Waals surface area contributed by atoms with Crippen molar-refractivity contribution in [2.75, 3.05) is 19.7 Å². The van der Waals surface area contributed by atoms with E-state index in [1.165, 1.54) is 4.90 Å². The first-order valence-electron chi connectivity index (χ1n) is 8.10. The van der Waals surface area contributed by atoms with E-state index in [9.17, 15) is 9.59 Å². The van der Waals surface area contributed by atoms with E-state index in [4.69, 9.17) is 10.5 Å². The van der Waals surface area contributed by atoms with Crippen LogP contribution in [-0.2, 0) is 10.3 Å². The lowest BCUT2D eigenvalue weighted by Crippen LogP contribution is -2.41. The van der Waals surface area contributed by atoms with Crippen LogP contribution in [0.3, 0.4) is 0 Å². The standard InChI is InChI=1S/C17H25N3O3/c1-3-12-23-14-8-6-13(7-9-14)17(2)15(21)20(16(22)19-17)11-5-4-10-18/h6-9H,3-5,10-12,18H2,1-2H3,(H,19,22). The molecule has 1 aromatic carbocycles. The SMILES string of the molecule is CCCOc1ccc(C2(C)NC(=O)N(CCCCN)C2=O)cc1. The van der Waals surface area contributed by atoms with Gasteiger partial charge in [-0.05, 0) is 50.4 Å². The highest BCUT2D eigenvalue weighted by molar-refractivity contribution is 6.07. The zero-order chi connectivity index (χ0) is 16.9. The molecule has 0 bridgehead atoms. The Morgan fingerprint density at radius 3 is 2.52 bits per heavy atom. The van der Waals surface area contributed by atoms with Gasteiger partial charge >= 0.3 is 6.03 Å². The fraction of sp³-hybridized carbons (Fsp3) is 0.529. The van der Waals surface area contributed by atoms with Gasteiger partial charge in [-0.2, -0.15) is 0 Å². The summed E-state index contributed by atoms with van der Waals surface area (Å²) in [4.78, 5) is 26.1. The van der Waals surface area contributed by atoms with Gasteiger partial charge in [-0.15, -0.1) is 0 Å². The van der Waals surface area contributed by atoms with Gasteiger partial charge in [0.15, 0.2) is 0 Å². The smallest absolute Gasteiger partial charge is 0.325 e. The molecule has 3 N–H and O–H groups in total. The fourth-order valence-electron chi connectivity index (χ4n) is 2.61.